The van der Waals surface area contributed by atoms with Crippen molar-refractivity contribution < 1.29 is 22.5 Å². The molecule has 9 heteroatoms. The van der Waals surface area contributed by atoms with Gasteiger partial charge in [-0.25, -0.2) is 0 Å². The van der Waals surface area contributed by atoms with Crippen LogP contribution in [0, 0.1) is 6.92 Å². The van der Waals surface area contributed by atoms with Crippen molar-refractivity contribution >= 4 is 17.2 Å². The summed E-state index contributed by atoms with van der Waals surface area (Å²) in [5, 5.41) is 3.51. The van der Waals surface area contributed by atoms with E-state index in [-0.39, 0.29) is 23.2 Å². The smallest absolute Gasteiger partial charge is 0.351 e. The molecule has 0 bridgehead atoms. The minimum absolute atomic E-state index is 0.0227. The van der Waals surface area contributed by atoms with Crippen molar-refractivity contribution in [2.45, 2.75) is 25.6 Å². The van der Waals surface area contributed by atoms with Gasteiger partial charge in [0.2, 0.25) is 5.76 Å². The summed E-state index contributed by atoms with van der Waals surface area (Å²) in [6, 6.07) is 3.15. The lowest BCUT2D eigenvalue weighted by molar-refractivity contribution is -0.156. The highest BCUT2D eigenvalue weighted by Gasteiger charge is 2.39. The van der Waals surface area contributed by atoms with Gasteiger partial charge in [-0.05, 0) is 25.5 Å². The molecule has 2 aromatic heterocycles. The fourth-order valence-electron chi connectivity index (χ4n) is 2.54. The average Bonchev–Trinajstić information content (AvgIpc) is 3.15. The predicted molar refractivity (Wildman–Crippen MR) is 78.1 cm³/mol. The molecule has 0 aromatic carbocycles. The Morgan fingerprint density at radius 1 is 1.48 bits per heavy atom. The fourth-order valence-corrected chi connectivity index (χ4v) is 3.55. The molecule has 1 aliphatic rings. The maximum absolute atomic E-state index is 12.7. The molecule has 1 amide bonds. The number of nitrogens with zero attached hydrogens (tertiary/aromatic N) is 2. The van der Waals surface area contributed by atoms with E-state index in [2.05, 4.69) is 9.68 Å². The monoisotopic (exact) mass is 345 g/mol. The summed E-state index contributed by atoms with van der Waals surface area (Å²) in [6.07, 6.45) is -3.84. The van der Waals surface area contributed by atoms with Crippen molar-refractivity contribution in [3.63, 3.8) is 0 Å². The van der Waals surface area contributed by atoms with Crippen molar-refractivity contribution in [2.75, 3.05) is 13.1 Å². The van der Waals surface area contributed by atoms with E-state index in [1.165, 1.54) is 6.92 Å². The van der Waals surface area contributed by atoms with E-state index in [0.717, 1.165) is 17.8 Å². The van der Waals surface area contributed by atoms with Gasteiger partial charge in [-0.3, -0.25) is 4.79 Å². The lowest BCUT2D eigenvalue weighted by Crippen LogP contribution is -2.31. The van der Waals surface area contributed by atoms with E-state index in [1.54, 1.807) is 17.0 Å². The zero-order chi connectivity index (χ0) is 16.8. The number of alkyl halides is 3. The van der Waals surface area contributed by atoms with Crippen LogP contribution in [0.5, 0.6) is 0 Å². The molecule has 1 saturated heterocycles. The van der Waals surface area contributed by atoms with Crippen LogP contribution in [0.25, 0.3) is 10.6 Å². The first kappa shape index (κ1) is 16.0. The number of thiophene rings is 1. The average molecular weight is 345 g/mol. The molecule has 124 valence electrons. The molecule has 1 aliphatic heterocycles. The number of carbonyl (C=O) groups excluding carboxylic acids is 1. The largest absolute Gasteiger partial charge is 0.452 e. The van der Waals surface area contributed by atoms with Gasteiger partial charge in [-0.15, -0.1) is 11.3 Å². The van der Waals surface area contributed by atoms with Crippen LogP contribution >= 0.6 is 11.3 Å². The minimum Gasteiger partial charge on any atom is -0.351 e. The van der Waals surface area contributed by atoms with Crippen LogP contribution in [0.4, 0.5) is 13.2 Å². The summed E-state index contributed by atoms with van der Waals surface area (Å²) in [4.78, 5) is 14.9. The van der Waals surface area contributed by atoms with E-state index in [4.69, 9.17) is 5.73 Å². The van der Waals surface area contributed by atoms with Crippen LogP contribution < -0.4 is 5.73 Å². The van der Waals surface area contributed by atoms with Gasteiger partial charge in [0.25, 0.3) is 5.91 Å². The van der Waals surface area contributed by atoms with Crippen molar-refractivity contribution in [3.05, 3.63) is 28.3 Å². The number of amides is 1. The highest BCUT2D eigenvalue weighted by molar-refractivity contribution is 7.17. The second kappa shape index (κ2) is 5.64. The molecule has 5 nitrogen and oxygen atoms in total. The lowest BCUT2D eigenvalue weighted by atomic mass is 10.2. The van der Waals surface area contributed by atoms with E-state index in [1.807, 2.05) is 0 Å². The third-order valence-corrected chi connectivity index (χ3v) is 4.82. The zero-order valence-corrected chi connectivity index (χ0v) is 13.0. The van der Waals surface area contributed by atoms with Crippen LogP contribution in [-0.2, 0) is 6.18 Å². The molecule has 1 fully saturated rings. The number of nitrogens with two attached hydrogens (primary N) is 1. The third-order valence-electron chi connectivity index (χ3n) is 3.74. The molecule has 0 aliphatic carbocycles. The van der Waals surface area contributed by atoms with Crippen LogP contribution in [0.2, 0.25) is 0 Å². The first-order valence-electron chi connectivity index (χ1n) is 6.96. The normalized spacial score (nSPS) is 18.7. The second-order valence-corrected chi connectivity index (χ2v) is 6.53. The van der Waals surface area contributed by atoms with Crippen LogP contribution in [0.15, 0.2) is 16.7 Å². The number of rotatable bonds is 2. The first-order valence-corrected chi connectivity index (χ1v) is 7.77. The Balaban J connectivity index is 1.85. The zero-order valence-electron chi connectivity index (χ0n) is 12.2. The summed E-state index contributed by atoms with van der Waals surface area (Å²) < 4.78 is 42.7. The van der Waals surface area contributed by atoms with Crippen molar-refractivity contribution in [3.8, 4) is 10.6 Å². The van der Waals surface area contributed by atoms with Gasteiger partial charge in [0.15, 0.2) is 0 Å². The van der Waals surface area contributed by atoms with Gasteiger partial charge in [0.1, 0.15) is 5.69 Å². The highest BCUT2D eigenvalue weighted by Crippen LogP contribution is 2.38. The topological polar surface area (TPSA) is 72.4 Å². The molecule has 0 spiro atoms. The molecule has 0 radical (unpaired) electrons. The number of aromatic nitrogens is 1. The van der Waals surface area contributed by atoms with Crippen molar-refractivity contribution in [2.24, 2.45) is 5.73 Å². The highest BCUT2D eigenvalue weighted by atomic mass is 32.1. The summed E-state index contributed by atoms with van der Waals surface area (Å²) in [5.74, 6) is -1.27. The van der Waals surface area contributed by atoms with Gasteiger partial charge in [-0.1, -0.05) is 5.16 Å². The Morgan fingerprint density at radius 2 is 2.22 bits per heavy atom. The molecule has 23 heavy (non-hydrogen) atoms. The van der Waals surface area contributed by atoms with Gasteiger partial charge in [0.05, 0.1) is 9.75 Å². The fraction of sp³-hybridized carbons (Fsp3) is 0.429. The molecule has 1 atom stereocenters. The minimum atomic E-state index is -4.59. The van der Waals surface area contributed by atoms with Gasteiger partial charge < -0.3 is 15.2 Å². The Kier molecular flexibility index (Phi) is 3.93. The Bertz CT molecular complexity index is 738. The maximum Gasteiger partial charge on any atom is 0.452 e. The van der Waals surface area contributed by atoms with E-state index in [9.17, 15) is 18.0 Å². The summed E-state index contributed by atoms with van der Waals surface area (Å²) in [6.45, 7) is 2.39. The Labute approximate surface area is 133 Å². The molecule has 1 unspecified atom stereocenters. The molecule has 0 saturated carbocycles. The Morgan fingerprint density at radius 3 is 2.78 bits per heavy atom. The second-order valence-electron chi connectivity index (χ2n) is 5.45. The quantitative estimate of drug-likeness (QED) is 0.908. The number of likely N-dealkylation sites (tertiary alicyclic amines) is 1. The van der Waals surface area contributed by atoms with E-state index >= 15 is 0 Å². The van der Waals surface area contributed by atoms with E-state index in [0.29, 0.717) is 22.8 Å². The van der Waals surface area contributed by atoms with Crippen LogP contribution in [0.1, 0.15) is 27.4 Å². The van der Waals surface area contributed by atoms with Gasteiger partial charge in [-0.2, -0.15) is 13.2 Å². The van der Waals surface area contributed by atoms with Crippen LogP contribution in [-0.4, -0.2) is 35.1 Å². The Hall–Kier alpha value is -1.87. The maximum atomic E-state index is 12.7. The van der Waals surface area contributed by atoms with Crippen molar-refractivity contribution in [1.29, 1.82) is 0 Å². The first-order chi connectivity index (χ1) is 10.8. The molecule has 2 N–H and O–H groups in total. The number of halogens is 3. The SMILES string of the molecule is Cc1c(-c2ccc(C(=O)N3CCC(N)C3)s2)noc1C(F)(F)F. The predicted octanol–water partition coefficient (Wildman–Crippen LogP) is 2.90. The number of carbonyl (C=O) groups is 1. The molecular formula is C14H14F3N3O2S. The lowest BCUT2D eigenvalue weighted by Gasteiger charge is -2.14. The molecule has 2 aromatic rings. The molecule has 3 heterocycles. The molecule has 3 rings (SSSR count). The molecular weight excluding hydrogens is 331 g/mol. The summed E-state index contributed by atoms with van der Waals surface area (Å²) in [5.41, 5.74) is 5.81. The van der Waals surface area contributed by atoms with Crippen molar-refractivity contribution in [1.82, 2.24) is 10.1 Å². The van der Waals surface area contributed by atoms with Gasteiger partial charge in [0, 0.05) is 24.7 Å². The third kappa shape index (κ3) is 2.98. The number of hydrogen-bond acceptors (Lipinski definition) is 5. The summed E-state index contributed by atoms with van der Waals surface area (Å²) in [7, 11) is 0. The standard InChI is InChI=1S/C14H14F3N3O2S/c1-7-11(19-22-12(7)14(15,16)17)9-2-3-10(23-9)13(21)20-5-4-8(18)6-20/h2-3,8H,4-6,18H2,1H3. The number of hydrogen-bond donors (Lipinski definition) is 1. The van der Waals surface area contributed by atoms with E-state index < -0.39 is 11.9 Å². The van der Waals surface area contributed by atoms with Gasteiger partial charge >= 0.3 is 6.18 Å². The summed E-state index contributed by atoms with van der Waals surface area (Å²) >= 11 is 1.10. The van der Waals surface area contributed by atoms with Crippen LogP contribution in [0.3, 0.4) is 0 Å².